The van der Waals surface area contributed by atoms with Crippen LogP contribution in [0.3, 0.4) is 0 Å². The molecule has 1 rings (SSSR count). The number of hydrogen-bond donors (Lipinski definition) is 0. The molecule has 1 aromatic heterocycles. The van der Waals surface area contributed by atoms with E-state index in [-0.39, 0.29) is 0 Å². The molecular weight excluding hydrogens is 144 g/mol. The summed E-state index contributed by atoms with van der Waals surface area (Å²) in [5.41, 5.74) is 2.45. The summed E-state index contributed by atoms with van der Waals surface area (Å²) in [5, 5.41) is 8.84. The van der Waals surface area contributed by atoms with Crippen LogP contribution in [-0.2, 0) is 0 Å². The fourth-order valence-corrected chi connectivity index (χ4v) is 1.30. The van der Waals surface area contributed by atoms with Gasteiger partial charge in [0.2, 0.25) is 0 Å². The van der Waals surface area contributed by atoms with Crippen LogP contribution in [-0.4, -0.2) is 16.5 Å². The van der Waals surface area contributed by atoms with Crippen molar-refractivity contribution in [2.75, 3.05) is 6.26 Å². The van der Waals surface area contributed by atoms with Crippen LogP contribution >= 0.6 is 11.8 Å². The third kappa shape index (κ3) is 1.29. The maximum atomic E-state index is 3.97. The summed E-state index contributed by atoms with van der Waals surface area (Å²) in [6, 6.07) is 0. The van der Waals surface area contributed by atoms with Crippen LogP contribution in [0, 0.1) is 13.8 Å². The highest BCUT2D eigenvalue weighted by atomic mass is 32.2. The van der Waals surface area contributed by atoms with E-state index in [1.165, 1.54) is 11.1 Å². The van der Waals surface area contributed by atoms with Gasteiger partial charge in [-0.2, -0.15) is 5.10 Å². The first kappa shape index (κ1) is 7.54. The Morgan fingerprint density at radius 1 is 1.40 bits per heavy atom. The lowest BCUT2D eigenvalue weighted by Gasteiger charge is -2.00. The zero-order valence-electron chi connectivity index (χ0n) is 6.38. The molecular formula is C7H10N2S. The lowest BCUT2D eigenvalue weighted by molar-refractivity contribution is 0.892. The first-order chi connectivity index (χ1) is 4.75. The van der Waals surface area contributed by atoms with E-state index in [0.717, 1.165) is 5.03 Å². The lowest BCUT2D eigenvalue weighted by atomic mass is 10.2. The van der Waals surface area contributed by atoms with Gasteiger partial charge in [-0.3, -0.25) is 0 Å². The van der Waals surface area contributed by atoms with Gasteiger partial charge in [0.1, 0.15) is 5.03 Å². The van der Waals surface area contributed by atoms with Crippen LogP contribution < -0.4 is 0 Å². The monoisotopic (exact) mass is 154 g/mol. The predicted octanol–water partition coefficient (Wildman–Crippen LogP) is 1.82. The minimum atomic E-state index is 1.03. The maximum Gasteiger partial charge on any atom is 0.122 e. The highest BCUT2D eigenvalue weighted by Gasteiger charge is 1.99. The van der Waals surface area contributed by atoms with Crippen molar-refractivity contribution in [2.45, 2.75) is 18.9 Å². The topological polar surface area (TPSA) is 25.8 Å². The molecule has 54 valence electrons. The van der Waals surface area contributed by atoms with Gasteiger partial charge in [-0.1, -0.05) is 0 Å². The fraction of sp³-hybridized carbons (Fsp3) is 0.429. The Kier molecular flexibility index (Phi) is 2.27. The van der Waals surface area contributed by atoms with E-state index in [1.54, 1.807) is 18.0 Å². The Hall–Kier alpha value is -0.570. The molecule has 0 fully saturated rings. The summed E-state index contributed by atoms with van der Waals surface area (Å²) < 4.78 is 0. The van der Waals surface area contributed by atoms with Gasteiger partial charge in [-0.15, -0.1) is 16.9 Å². The minimum Gasteiger partial charge on any atom is -0.158 e. The Morgan fingerprint density at radius 3 is 2.60 bits per heavy atom. The first-order valence-electron chi connectivity index (χ1n) is 3.08. The zero-order chi connectivity index (χ0) is 7.56. The molecule has 0 saturated heterocycles. The number of nitrogens with zero attached hydrogens (tertiary/aromatic N) is 2. The van der Waals surface area contributed by atoms with E-state index in [2.05, 4.69) is 17.1 Å². The fourth-order valence-electron chi connectivity index (χ4n) is 0.702. The smallest absolute Gasteiger partial charge is 0.122 e. The quantitative estimate of drug-likeness (QED) is 0.577. The number of aromatic nitrogens is 2. The van der Waals surface area contributed by atoms with Gasteiger partial charge in [0.05, 0.1) is 6.20 Å². The first-order valence-corrected chi connectivity index (χ1v) is 4.31. The molecule has 1 aromatic rings. The summed E-state index contributed by atoms with van der Waals surface area (Å²) in [7, 11) is 0. The summed E-state index contributed by atoms with van der Waals surface area (Å²) >= 11 is 1.64. The molecule has 1 heterocycles. The van der Waals surface area contributed by atoms with E-state index in [1.807, 2.05) is 13.2 Å². The van der Waals surface area contributed by atoms with Crippen LogP contribution in [0.4, 0.5) is 0 Å². The molecule has 0 N–H and O–H groups in total. The lowest BCUT2D eigenvalue weighted by Crippen LogP contribution is -1.91. The summed E-state index contributed by atoms with van der Waals surface area (Å²) in [6.07, 6.45) is 3.80. The molecule has 0 radical (unpaired) electrons. The maximum absolute atomic E-state index is 3.97. The standard InChI is InChI=1S/C7H10N2S/c1-5-4-8-9-7(10-3)6(5)2/h4H,1-3H3. The molecule has 0 spiro atoms. The molecule has 0 saturated carbocycles. The highest BCUT2D eigenvalue weighted by Crippen LogP contribution is 2.17. The van der Waals surface area contributed by atoms with E-state index in [9.17, 15) is 0 Å². The second kappa shape index (κ2) is 3.01. The van der Waals surface area contributed by atoms with Gasteiger partial charge in [0, 0.05) is 0 Å². The number of rotatable bonds is 1. The SMILES string of the molecule is CSc1nncc(C)c1C. The zero-order valence-corrected chi connectivity index (χ0v) is 7.20. The Morgan fingerprint density at radius 2 is 2.10 bits per heavy atom. The summed E-state index contributed by atoms with van der Waals surface area (Å²) in [5.74, 6) is 0. The third-order valence-corrected chi connectivity index (χ3v) is 2.28. The minimum absolute atomic E-state index is 1.03. The molecule has 0 aliphatic rings. The molecule has 0 amide bonds. The van der Waals surface area contributed by atoms with Crippen molar-refractivity contribution in [1.82, 2.24) is 10.2 Å². The predicted molar refractivity (Wildman–Crippen MR) is 43.3 cm³/mol. The molecule has 0 aliphatic carbocycles. The molecule has 0 unspecified atom stereocenters. The number of hydrogen-bond acceptors (Lipinski definition) is 3. The Bertz CT molecular complexity index is 235. The van der Waals surface area contributed by atoms with E-state index in [4.69, 9.17) is 0 Å². The van der Waals surface area contributed by atoms with Crippen molar-refractivity contribution >= 4 is 11.8 Å². The normalized spacial score (nSPS) is 9.90. The molecule has 2 nitrogen and oxygen atoms in total. The Balaban J connectivity index is 3.14. The van der Waals surface area contributed by atoms with E-state index < -0.39 is 0 Å². The van der Waals surface area contributed by atoms with Gasteiger partial charge < -0.3 is 0 Å². The van der Waals surface area contributed by atoms with E-state index >= 15 is 0 Å². The van der Waals surface area contributed by atoms with Crippen LogP contribution in [0.2, 0.25) is 0 Å². The molecule has 0 bridgehead atoms. The van der Waals surface area contributed by atoms with Crippen LogP contribution in [0.25, 0.3) is 0 Å². The van der Waals surface area contributed by atoms with Gasteiger partial charge in [-0.25, -0.2) is 0 Å². The summed E-state index contributed by atoms with van der Waals surface area (Å²) in [6.45, 7) is 4.11. The molecule has 10 heavy (non-hydrogen) atoms. The van der Waals surface area contributed by atoms with Crippen molar-refractivity contribution in [3.8, 4) is 0 Å². The van der Waals surface area contributed by atoms with E-state index in [0.29, 0.717) is 0 Å². The van der Waals surface area contributed by atoms with Crippen molar-refractivity contribution in [3.63, 3.8) is 0 Å². The van der Waals surface area contributed by atoms with Crippen molar-refractivity contribution in [1.29, 1.82) is 0 Å². The van der Waals surface area contributed by atoms with Gasteiger partial charge in [0.25, 0.3) is 0 Å². The van der Waals surface area contributed by atoms with Crippen molar-refractivity contribution < 1.29 is 0 Å². The second-order valence-electron chi connectivity index (χ2n) is 2.16. The average Bonchev–Trinajstić information content (AvgIpc) is 1.95. The van der Waals surface area contributed by atoms with Crippen molar-refractivity contribution in [2.24, 2.45) is 0 Å². The summed E-state index contributed by atoms with van der Waals surface area (Å²) in [4.78, 5) is 0. The second-order valence-corrected chi connectivity index (χ2v) is 2.96. The van der Waals surface area contributed by atoms with Crippen LogP contribution in [0.15, 0.2) is 11.2 Å². The Labute approximate surface area is 65.1 Å². The molecule has 0 aromatic carbocycles. The van der Waals surface area contributed by atoms with Gasteiger partial charge >= 0.3 is 0 Å². The van der Waals surface area contributed by atoms with Crippen LogP contribution in [0.5, 0.6) is 0 Å². The number of thioether (sulfide) groups is 1. The number of aryl methyl sites for hydroxylation is 1. The molecule has 3 heteroatoms. The van der Waals surface area contributed by atoms with Gasteiger partial charge in [0.15, 0.2) is 0 Å². The van der Waals surface area contributed by atoms with Crippen LogP contribution in [0.1, 0.15) is 11.1 Å². The largest absolute Gasteiger partial charge is 0.158 e. The third-order valence-electron chi connectivity index (χ3n) is 1.51. The molecule has 0 aliphatic heterocycles. The molecule has 0 atom stereocenters. The van der Waals surface area contributed by atoms with Gasteiger partial charge in [-0.05, 0) is 31.2 Å². The average molecular weight is 154 g/mol. The highest BCUT2D eigenvalue weighted by molar-refractivity contribution is 7.98. The van der Waals surface area contributed by atoms with Crippen molar-refractivity contribution in [3.05, 3.63) is 17.3 Å².